The molecular formula is C34H35NO. The molecule has 4 aromatic rings. The van der Waals surface area contributed by atoms with Crippen LogP contribution in [-0.2, 0) is 5.60 Å². The van der Waals surface area contributed by atoms with Crippen molar-refractivity contribution in [3.05, 3.63) is 120 Å². The smallest absolute Gasteiger partial charge is 0.126 e. The van der Waals surface area contributed by atoms with Crippen LogP contribution >= 0.6 is 0 Å². The van der Waals surface area contributed by atoms with E-state index in [0.717, 1.165) is 30.4 Å². The predicted octanol–water partition coefficient (Wildman–Crippen LogP) is 8.10. The van der Waals surface area contributed by atoms with Gasteiger partial charge in [-0.25, -0.2) is 0 Å². The lowest BCUT2D eigenvalue weighted by Crippen LogP contribution is -2.55. The molecule has 0 aromatic heterocycles. The molecule has 2 aliphatic carbocycles. The maximum absolute atomic E-state index is 13.1. The fraction of sp³-hybridized carbons (Fsp3) is 0.324. The Morgan fingerprint density at radius 1 is 0.806 bits per heavy atom. The first-order valence-electron chi connectivity index (χ1n) is 13.3. The molecule has 6 rings (SSSR count). The molecule has 0 amide bonds. The van der Waals surface area contributed by atoms with Crippen LogP contribution in [0.2, 0.25) is 0 Å². The Kier molecular flexibility index (Phi) is 5.42. The van der Waals surface area contributed by atoms with Crippen LogP contribution in [-0.4, -0.2) is 10.8 Å². The topological polar surface area (TPSA) is 32.6 Å². The molecule has 2 heteroatoms. The number of hydrogen-bond acceptors (Lipinski definition) is 2. The standard InChI is InChI=1S/C34H35NO/c1-24(29-20-12-14-25-13-10-11-19-30(25)29)35-31-23-28-21-22-33(31,32(28,2)3)34(36,26-15-6-4-7-16-26)27-17-8-5-9-18-27/h4-20,24,28,36H,21-23H2,1-3H3/t24-,28+,33+/m0/s1. The second-order valence-electron chi connectivity index (χ2n) is 11.3. The van der Waals surface area contributed by atoms with Crippen molar-refractivity contribution in [2.24, 2.45) is 21.7 Å². The van der Waals surface area contributed by atoms with E-state index in [0.29, 0.717) is 5.92 Å². The van der Waals surface area contributed by atoms with Crippen LogP contribution in [0.5, 0.6) is 0 Å². The second kappa shape index (κ2) is 8.42. The average Bonchev–Trinajstić information content (AvgIpc) is 3.30. The van der Waals surface area contributed by atoms with Gasteiger partial charge in [0.1, 0.15) is 5.60 Å². The van der Waals surface area contributed by atoms with Gasteiger partial charge in [-0.15, -0.1) is 0 Å². The Morgan fingerprint density at radius 3 is 2.03 bits per heavy atom. The normalized spacial score (nSPS) is 24.9. The van der Waals surface area contributed by atoms with E-state index in [-0.39, 0.29) is 11.5 Å². The summed E-state index contributed by atoms with van der Waals surface area (Å²) in [7, 11) is 0. The molecule has 36 heavy (non-hydrogen) atoms. The van der Waals surface area contributed by atoms with Crippen LogP contribution in [0.3, 0.4) is 0 Å². The summed E-state index contributed by atoms with van der Waals surface area (Å²) in [5, 5.41) is 15.6. The first-order chi connectivity index (χ1) is 17.4. The molecule has 3 atom stereocenters. The minimum atomic E-state index is -1.17. The summed E-state index contributed by atoms with van der Waals surface area (Å²) in [5.74, 6) is 0.509. The first-order valence-corrected chi connectivity index (χ1v) is 13.3. The number of nitrogens with zero attached hydrogens (tertiary/aromatic N) is 1. The molecule has 2 aliphatic rings. The van der Waals surface area contributed by atoms with Crippen molar-refractivity contribution >= 4 is 16.5 Å². The summed E-state index contributed by atoms with van der Waals surface area (Å²) >= 11 is 0. The minimum absolute atomic E-state index is 0.00826. The van der Waals surface area contributed by atoms with Crippen LogP contribution in [0, 0.1) is 16.7 Å². The molecular weight excluding hydrogens is 438 g/mol. The Morgan fingerprint density at radius 2 is 1.39 bits per heavy atom. The summed E-state index contributed by atoms with van der Waals surface area (Å²) in [6.45, 7) is 6.95. The molecule has 1 N–H and O–H groups in total. The highest BCUT2D eigenvalue weighted by atomic mass is 16.3. The van der Waals surface area contributed by atoms with Gasteiger partial charge in [0.25, 0.3) is 0 Å². The van der Waals surface area contributed by atoms with E-state index in [1.54, 1.807) is 0 Å². The third-order valence-electron chi connectivity index (χ3n) is 9.54. The lowest BCUT2D eigenvalue weighted by atomic mass is 9.55. The van der Waals surface area contributed by atoms with Gasteiger partial charge in [-0.2, -0.15) is 0 Å². The van der Waals surface area contributed by atoms with Crippen molar-refractivity contribution in [2.45, 2.75) is 51.7 Å². The molecule has 0 heterocycles. The van der Waals surface area contributed by atoms with E-state index in [1.165, 1.54) is 22.0 Å². The summed E-state index contributed by atoms with van der Waals surface area (Å²) in [5.41, 5.74) is 2.60. The molecule has 2 nitrogen and oxygen atoms in total. The number of hydrogen-bond donors (Lipinski definition) is 1. The van der Waals surface area contributed by atoms with Crippen LogP contribution in [0.15, 0.2) is 108 Å². The van der Waals surface area contributed by atoms with Gasteiger partial charge in [-0.05, 0) is 65.0 Å². The summed E-state index contributed by atoms with van der Waals surface area (Å²) < 4.78 is 0. The van der Waals surface area contributed by atoms with Crippen molar-refractivity contribution in [1.82, 2.24) is 0 Å². The van der Waals surface area contributed by atoms with Crippen LogP contribution in [0.4, 0.5) is 0 Å². The van der Waals surface area contributed by atoms with E-state index in [9.17, 15) is 5.11 Å². The highest BCUT2D eigenvalue weighted by Crippen LogP contribution is 2.71. The highest BCUT2D eigenvalue weighted by molar-refractivity contribution is 5.97. The van der Waals surface area contributed by atoms with Crippen LogP contribution in [0.1, 0.15) is 62.8 Å². The van der Waals surface area contributed by atoms with Crippen molar-refractivity contribution in [3.8, 4) is 0 Å². The first kappa shape index (κ1) is 23.2. The van der Waals surface area contributed by atoms with Gasteiger partial charge < -0.3 is 5.11 Å². The molecule has 2 bridgehead atoms. The van der Waals surface area contributed by atoms with Crippen LogP contribution in [0.25, 0.3) is 10.8 Å². The lowest BCUT2D eigenvalue weighted by Gasteiger charge is -2.51. The number of aliphatic hydroxyl groups is 1. The van der Waals surface area contributed by atoms with Gasteiger partial charge in [0.05, 0.1) is 11.5 Å². The van der Waals surface area contributed by atoms with E-state index in [4.69, 9.17) is 4.99 Å². The number of benzene rings is 4. The van der Waals surface area contributed by atoms with Crippen molar-refractivity contribution in [2.75, 3.05) is 0 Å². The highest BCUT2D eigenvalue weighted by Gasteiger charge is 2.71. The third kappa shape index (κ3) is 3.10. The Bertz CT molecular complexity index is 1380. The number of fused-ring (bicyclic) bond motifs is 3. The lowest BCUT2D eigenvalue weighted by molar-refractivity contribution is -0.0632. The van der Waals surface area contributed by atoms with Gasteiger partial charge in [-0.1, -0.05) is 117 Å². The summed E-state index contributed by atoms with van der Waals surface area (Å²) in [6.07, 6.45) is 3.01. The zero-order chi connectivity index (χ0) is 25.0. The minimum Gasteiger partial charge on any atom is -0.379 e. The predicted molar refractivity (Wildman–Crippen MR) is 149 cm³/mol. The monoisotopic (exact) mass is 473 g/mol. The fourth-order valence-electron chi connectivity index (χ4n) is 7.66. The summed E-state index contributed by atoms with van der Waals surface area (Å²) in [6, 6.07) is 35.7. The van der Waals surface area contributed by atoms with Gasteiger partial charge in [0.2, 0.25) is 0 Å². The number of aliphatic imine (C=N–C) groups is 1. The Labute approximate surface area is 214 Å². The average molecular weight is 474 g/mol. The molecule has 2 saturated carbocycles. The largest absolute Gasteiger partial charge is 0.379 e. The number of rotatable bonds is 5. The molecule has 0 saturated heterocycles. The maximum Gasteiger partial charge on any atom is 0.126 e. The quantitative estimate of drug-likeness (QED) is 0.312. The third-order valence-corrected chi connectivity index (χ3v) is 9.54. The fourth-order valence-corrected chi connectivity index (χ4v) is 7.66. The molecule has 182 valence electrons. The van der Waals surface area contributed by atoms with E-state index < -0.39 is 11.0 Å². The van der Waals surface area contributed by atoms with Crippen molar-refractivity contribution in [3.63, 3.8) is 0 Å². The second-order valence-corrected chi connectivity index (χ2v) is 11.3. The van der Waals surface area contributed by atoms with Gasteiger partial charge >= 0.3 is 0 Å². The molecule has 2 fully saturated rings. The molecule has 0 radical (unpaired) electrons. The SMILES string of the molecule is C[C@H](N=C1C[C@H]2CC[C@]1(C(O)(c1ccccc1)c1ccccc1)C2(C)C)c1cccc2ccccc12. The van der Waals surface area contributed by atoms with E-state index in [1.807, 2.05) is 36.4 Å². The van der Waals surface area contributed by atoms with Crippen molar-refractivity contribution in [1.29, 1.82) is 0 Å². The van der Waals surface area contributed by atoms with E-state index in [2.05, 4.69) is 87.5 Å². The summed E-state index contributed by atoms with van der Waals surface area (Å²) in [4.78, 5) is 5.52. The van der Waals surface area contributed by atoms with Crippen molar-refractivity contribution < 1.29 is 5.11 Å². The zero-order valence-electron chi connectivity index (χ0n) is 21.5. The van der Waals surface area contributed by atoms with Gasteiger partial charge in [0, 0.05) is 5.71 Å². The Hall–Kier alpha value is -3.23. The molecule has 0 unspecified atom stereocenters. The zero-order valence-corrected chi connectivity index (χ0v) is 21.5. The Balaban J connectivity index is 1.57. The maximum atomic E-state index is 13.1. The van der Waals surface area contributed by atoms with E-state index >= 15 is 0 Å². The van der Waals surface area contributed by atoms with Gasteiger partial charge in [0.15, 0.2) is 0 Å². The molecule has 4 aromatic carbocycles. The molecule has 0 aliphatic heterocycles. The molecule has 0 spiro atoms. The van der Waals surface area contributed by atoms with Gasteiger partial charge in [-0.3, -0.25) is 4.99 Å². The van der Waals surface area contributed by atoms with Crippen LogP contribution < -0.4 is 0 Å².